The Morgan fingerprint density at radius 1 is 1.21 bits per heavy atom. The molecule has 2 N–H and O–H groups in total. The van der Waals surface area contributed by atoms with Crippen LogP contribution in [0.4, 0.5) is 4.39 Å². The van der Waals surface area contributed by atoms with Gasteiger partial charge in [-0.2, -0.15) is 5.26 Å². The van der Waals surface area contributed by atoms with Crippen LogP contribution in [0.5, 0.6) is 11.5 Å². The molecule has 2 rings (SSSR count). The number of nitriles is 1. The van der Waals surface area contributed by atoms with Gasteiger partial charge in [0.1, 0.15) is 11.8 Å². The van der Waals surface area contributed by atoms with Crippen LogP contribution in [0.2, 0.25) is 0 Å². The molecule has 4 heteroatoms. The summed E-state index contributed by atoms with van der Waals surface area (Å²) in [6.45, 7) is 1.78. The minimum Gasteiger partial charge on any atom is -0.453 e. The predicted molar refractivity (Wildman–Crippen MR) is 70.2 cm³/mol. The zero-order chi connectivity index (χ0) is 13.8. The summed E-state index contributed by atoms with van der Waals surface area (Å²) in [7, 11) is 0. The first kappa shape index (κ1) is 13.1. The topological polar surface area (TPSA) is 59.0 Å². The number of hydrogen-bond acceptors (Lipinski definition) is 3. The van der Waals surface area contributed by atoms with Gasteiger partial charge in [-0.3, -0.25) is 0 Å². The monoisotopic (exact) mass is 256 g/mol. The zero-order valence-corrected chi connectivity index (χ0v) is 10.4. The summed E-state index contributed by atoms with van der Waals surface area (Å²) in [4.78, 5) is 0. The van der Waals surface area contributed by atoms with Crippen molar-refractivity contribution in [3.05, 3.63) is 59.4 Å². The number of benzene rings is 2. The summed E-state index contributed by atoms with van der Waals surface area (Å²) >= 11 is 0. The van der Waals surface area contributed by atoms with Crippen molar-refractivity contribution < 1.29 is 9.13 Å². The van der Waals surface area contributed by atoms with E-state index in [0.29, 0.717) is 16.9 Å². The molecule has 3 nitrogen and oxygen atoms in total. The fraction of sp³-hybridized carbons (Fsp3) is 0.133. The van der Waals surface area contributed by atoms with E-state index in [1.165, 1.54) is 12.1 Å². The number of nitrogens with zero attached hydrogens (tertiary/aromatic N) is 1. The van der Waals surface area contributed by atoms with Gasteiger partial charge in [0.05, 0.1) is 5.56 Å². The molecule has 0 radical (unpaired) electrons. The fourth-order valence-electron chi connectivity index (χ4n) is 1.65. The molecule has 2 aromatic rings. The van der Waals surface area contributed by atoms with E-state index < -0.39 is 5.82 Å². The van der Waals surface area contributed by atoms with Crippen LogP contribution in [0.1, 0.15) is 24.1 Å². The van der Waals surface area contributed by atoms with Crippen molar-refractivity contribution in [3.63, 3.8) is 0 Å². The highest BCUT2D eigenvalue weighted by atomic mass is 19.1. The molecule has 0 spiro atoms. The Kier molecular flexibility index (Phi) is 3.79. The van der Waals surface area contributed by atoms with Gasteiger partial charge in [0, 0.05) is 6.04 Å². The molecule has 0 aliphatic heterocycles. The first-order valence-electron chi connectivity index (χ1n) is 5.84. The molecule has 0 aliphatic rings. The Balaban J connectivity index is 2.32. The maximum atomic E-state index is 13.9. The quantitative estimate of drug-likeness (QED) is 0.914. The zero-order valence-electron chi connectivity index (χ0n) is 10.4. The fourth-order valence-corrected chi connectivity index (χ4v) is 1.65. The van der Waals surface area contributed by atoms with Crippen molar-refractivity contribution in [2.45, 2.75) is 13.0 Å². The number of rotatable bonds is 3. The van der Waals surface area contributed by atoms with E-state index in [2.05, 4.69) is 0 Å². The van der Waals surface area contributed by atoms with Gasteiger partial charge in [0.25, 0.3) is 0 Å². The second kappa shape index (κ2) is 5.51. The largest absolute Gasteiger partial charge is 0.453 e. The van der Waals surface area contributed by atoms with Gasteiger partial charge in [-0.05, 0) is 36.8 Å². The van der Waals surface area contributed by atoms with Gasteiger partial charge in [-0.25, -0.2) is 4.39 Å². The molecule has 1 atom stereocenters. The van der Waals surface area contributed by atoms with Crippen LogP contribution in [0, 0.1) is 17.1 Å². The van der Waals surface area contributed by atoms with E-state index in [1.54, 1.807) is 37.3 Å². The van der Waals surface area contributed by atoms with E-state index in [4.69, 9.17) is 15.7 Å². The Labute approximate surface area is 111 Å². The number of nitrogens with two attached hydrogens (primary N) is 1. The highest BCUT2D eigenvalue weighted by molar-refractivity contribution is 5.45. The molecule has 0 saturated heterocycles. The number of ether oxygens (including phenoxy) is 1. The minimum absolute atomic E-state index is 0.0760. The van der Waals surface area contributed by atoms with Crippen molar-refractivity contribution >= 4 is 0 Å². The molecule has 0 heterocycles. The summed E-state index contributed by atoms with van der Waals surface area (Å²) < 4.78 is 19.3. The van der Waals surface area contributed by atoms with Gasteiger partial charge in [0.15, 0.2) is 11.6 Å². The standard InChI is InChI=1S/C15H13FN2O/c1-10(18)11-6-7-15(13(16)8-11)19-14-5-3-2-4-12(14)9-17/h2-8,10H,18H2,1H3/t10-/m0/s1. The number of hydrogen-bond donors (Lipinski definition) is 1. The van der Waals surface area contributed by atoms with Gasteiger partial charge in [-0.15, -0.1) is 0 Å². The van der Waals surface area contributed by atoms with Gasteiger partial charge in [-0.1, -0.05) is 18.2 Å². The summed E-state index contributed by atoms with van der Waals surface area (Å²) in [5, 5.41) is 8.94. The summed E-state index contributed by atoms with van der Waals surface area (Å²) in [5.41, 5.74) is 6.73. The van der Waals surface area contributed by atoms with Gasteiger partial charge < -0.3 is 10.5 Å². The minimum atomic E-state index is -0.498. The van der Waals surface area contributed by atoms with E-state index in [-0.39, 0.29) is 11.8 Å². The van der Waals surface area contributed by atoms with Crippen LogP contribution in [0.15, 0.2) is 42.5 Å². The van der Waals surface area contributed by atoms with Crippen LogP contribution in [0.25, 0.3) is 0 Å². The van der Waals surface area contributed by atoms with Crippen molar-refractivity contribution in [1.82, 2.24) is 0 Å². The Hall–Kier alpha value is -2.38. The van der Waals surface area contributed by atoms with Crippen molar-refractivity contribution in [1.29, 1.82) is 5.26 Å². The SMILES string of the molecule is C[C@H](N)c1ccc(Oc2ccccc2C#N)c(F)c1. The lowest BCUT2D eigenvalue weighted by molar-refractivity contribution is 0.440. The first-order valence-corrected chi connectivity index (χ1v) is 5.84. The summed E-state index contributed by atoms with van der Waals surface area (Å²) in [5.74, 6) is -0.0907. The van der Waals surface area contributed by atoms with E-state index >= 15 is 0 Å². The second-order valence-electron chi connectivity index (χ2n) is 4.19. The molecule has 0 aromatic heterocycles. The number of halogens is 1. The van der Waals surface area contributed by atoms with Crippen molar-refractivity contribution in [2.75, 3.05) is 0 Å². The average Bonchev–Trinajstić information content (AvgIpc) is 2.41. The first-order chi connectivity index (χ1) is 9.11. The van der Waals surface area contributed by atoms with E-state index in [0.717, 1.165) is 0 Å². The lowest BCUT2D eigenvalue weighted by Crippen LogP contribution is -2.05. The molecule has 0 amide bonds. The molecular formula is C15H13FN2O. The van der Waals surface area contributed by atoms with Crippen LogP contribution in [-0.4, -0.2) is 0 Å². The van der Waals surface area contributed by atoms with Crippen LogP contribution in [0.3, 0.4) is 0 Å². The number of para-hydroxylation sites is 1. The van der Waals surface area contributed by atoms with Crippen LogP contribution >= 0.6 is 0 Å². The molecular weight excluding hydrogens is 243 g/mol. The third-order valence-corrected chi connectivity index (χ3v) is 2.71. The van der Waals surface area contributed by atoms with Crippen molar-refractivity contribution in [2.24, 2.45) is 5.73 Å². The third-order valence-electron chi connectivity index (χ3n) is 2.71. The molecule has 96 valence electrons. The predicted octanol–water partition coefficient (Wildman–Crippen LogP) is 3.51. The Morgan fingerprint density at radius 3 is 2.58 bits per heavy atom. The Bertz CT molecular complexity index is 632. The molecule has 0 fully saturated rings. The molecule has 2 aromatic carbocycles. The molecule has 19 heavy (non-hydrogen) atoms. The molecule has 0 unspecified atom stereocenters. The Morgan fingerprint density at radius 2 is 1.95 bits per heavy atom. The molecule has 0 bridgehead atoms. The molecule has 0 saturated carbocycles. The van der Waals surface area contributed by atoms with E-state index in [9.17, 15) is 4.39 Å². The highest BCUT2D eigenvalue weighted by Gasteiger charge is 2.10. The van der Waals surface area contributed by atoms with Crippen molar-refractivity contribution in [3.8, 4) is 17.6 Å². The van der Waals surface area contributed by atoms with Gasteiger partial charge >= 0.3 is 0 Å². The van der Waals surface area contributed by atoms with E-state index in [1.807, 2.05) is 6.07 Å². The lowest BCUT2D eigenvalue weighted by atomic mass is 10.1. The lowest BCUT2D eigenvalue weighted by Gasteiger charge is -2.10. The maximum absolute atomic E-state index is 13.9. The second-order valence-corrected chi connectivity index (χ2v) is 4.19. The summed E-state index contributed by atoms with van der Waals surface area (Å²) in [6, 6.07) is 13.0. The molecule has 0 aliphatic carbocycles. The third kappa shape index (κ3) is 2.90. The average molecular weight is 256 g/mol. The maximum Gasteiger partial charge on any atom is 0.166 e. The summed E-state index contributed by atoms with van der Waals surface area (Å²) in [6.07, 6.45) is 0. The highest BCUT2D eigenvalue weighted by Crippen LogP contribution is 2.28. The smallest absolute Gasteiger partial charge is 0.166 e. The van der Waals surface area contributed by atoms with Gasteiger partial charge in [0.2, 0.25) is 0 Å². The van der Waals surface area contributed by atoms with Crippen LogP contribution in [-0.2, 0) is 0 Å². The van der Waals surface area contributed by atoms with Crippen LogP contribution < -0.4 is 10.5 Å². The normalized spacial score (nSPS) is 11.7.